The van der Waals surface area contributed by atoms with Crippen LogP contribution in [0.15, 0.2) is 48.7 Å². The molecule has 1 saturated heterocycles. The first-order chi connectivity index (χ1) is 12.8. The number of H-pyrrole nitrogens is 1. The third kappa shape index (κ3) is 2.93. The molecular formula is C22H24FN3. The first-order valence-electron chi connectivity index (χ1n) is 9.54. The number of benzene rings is 2. The number of hydrogen-bond donors (Lipinski definition) is 1. The number of fused-ring (bicyclic) bond motifs is 2. The van der Waals surface area contributed by atoms with Gasteiger partial charge in [-0.15, -0.1) is 0 Å². The molecule has 0 bridgehead atoms. The Morgan fingerprint density at radius 1 is 0.962 bits per heavy atom. The predicted octanol–water partition coefficient (Wildman–Crippen LogP) is 4.46. The lowest BCUT2D eigenvalue weighted by Gasteiger charge is -2.34. The van der Waals surface area contributed by atoms with E-state index in [1.807, 2.05) is 6.07 Å². The molecule has 5 rings (SSSR count). The van der Waals surface area contributed by atoms with Crippen molar-refractivity contribution in [1.29, 1.82) is 0 Å². The Labute approximate surface area is 153 Å². The van der Waals surface area contributed by atoms with E-state index in [4.69, 9.17) is 0 Å². The number of rotatable bonds is 3. The van der Waals surface area contributed by atoms with E-state index < -0.39 is 0 Å². The molecule has 0 amide bonds. The van der Waals surface area contributed by atoms with E-state index in [1.54, 1.807) is 12.1 Å². The Morgan fingerprint density at radius 3 is 2.42 bits per heavy atom. The smallest absolute Gasteiger partial charge is 0.125 e. The summed E-state index contributed by atoms with van der Waals surface area (Å²) in [5.41, 5.74) is 5.23. The Morgan fingerprint density at radius 2 is 1.69 bits per heavy atom. The molecule has 2 aromatic carbocycles. The van der Waals surface area contributed by atoms with Crippen molar-refractivity contribution >= 4 is 10.9 Å². The average molecular weight is 349 g/mol. The van der Waals surface area contributed by atoms with Crippen LogP contribution in [0.1, 0.15) is 35.4 Å². The molecule has 0 spiro atoms. The summed E-state index contributed by atoms with van der Waals surface area (Å²) in [7, 11) is 0. The largest absolute Gasteiger partial charge is 0.361 e. The van der Waals surface area contributed by atoms with Crippen LogP contribution < -0.4 is 0 Å². The van der Waals surface area contributed by atoms with Crippen molar-refractivity contribution in [2.45, 2.75) is 31.8 Å². The molecule has 0 radical (unpaired) electrons. The summed E-state index contributed by atoms with van der Waals surface area (Å²) in [4.78, 5) is 8.37. The van der Waals surface area contributed by atoms with Crippen LogP contribution in [0.4, 0.5) is 4.39 Å². The van der Waals surface area contributed by atoms with Crippen LogP contribution in [-0.4, -0.2) is 34.5 Å². The van der Waals surface area contributed by atoms with Gasteiger partial charge in [0.25, 0.3) is 0 Å². The lowest BCUT2D eigenvalue weighted by Crippen LogP contribution is -2.40. The van der Waals surface area contributed by atoms with Gasteiger partial charge in [0.1, 0.15) is 5.82 Å². The molecule has 134 valence electrons. The number of nitrogens with one attached hydrogen (secondary N) is 1. The molecule has 3 nitrogen and oxygen atoms in total. The van der Waals surface area contributed by atoms with Gasteiger partial charge < -0.3 is 4.98 Å². The fraction of sp³-hybridized carbons (Fsp3) is 0.364. The SMILES string of the molecule is Fc1ccc2c(C3CCN(CN4Cc5ccccc5C4)CC3)c[nH]c2c1. The molecule has 1 N–H and O–H groups in total. The van der Waals surface area contributed by atoms with Crippen LogP contribution in [0.3, 0.4) is 0 Å². The zero-order valence-corrected chi connectivity index (χ0v) is 14.9. The minimum absolute atomic E-state index is 0.174. The first-order valence-corrected chi connectivity index (χ1v) is 9.54. The summed E-state index contributed by atoms with van der Waals surface area (Å²) in [6.45, 7) is 5.46. The van der Waals surface area contributed by atoms with E-state index in [0.717, 1.165) is 38.4 Å². The maximum absolute atomic E-state index is 13.4. The van der Waals surface area contributed by atoms with Crippen molar-refractivity contribution in [2.75, 3.05) is 19.8 Å². The Balaban J connectivity index is 1.21. The third-order valence-corrected chi connectivity index (χ3v) is 6.01. The number of nitrogens with zero attached hydrogens (tertiary/aromatic N) is 2. The van der Waals surface area contributed by atoms with Crippen LogP contribution in [0.25, 0.3) is 10.9 Å². The molecule has 4 heteroatoms. The summed E-state index contributed by atoms with van der Waals surface area (Å²) in [5.74, 6) is 0.397. The van der Waals surface area contributed by atoms with Gasteiger partial charge >= 0.3 is 0 Å². The first kappa shape index (κ1) is 16.0. The number of aromatic nitrogens is 1. The number of hydrogen-bond acceptors (Lipinski definition) is 2. The van der Waals surface area contributed by atoms with Crippen molar-refractivity contribution < 1.29 is 4.39 Å². The van der Waals surface area contributed by atoms with E-state index in [1.165, 1.54) is 34.9 Å². The molecule has 3 aromatic rings. The quantitative estimate of drug-likeness (QED) is 0.754. The lowest BCUT2D eigenvalue weighted by molar-refractivity contribution is 0.106. The molecule has 2 aliphatic rings. The van der Waals surface area contributed by atoms with E-state index >= 15 is 0 Å². The molecule has 26 heavy (non-hydrogen) atoms. The van der Waals surface area contributed by atoms with Gasteiger partial charge in [-0.2, -0.15) is 0 Å². The van der Waals surface area contributed by atoms with E-state index in [2.05, 4.69) is 45.2 Å². The highest BCUT2D eigenvalue weighted by Gasteiger charge is 2.26. The molecule has 0 saturated carbocycles. The van der Waals surface area contributed by atoms with Gasteiger partial charge in [-0.3, -0.25) is 9.80 Å². The molecule has 1 fully saturated rings. The second kappa shape index (κ2) is 6.53. The van der Waals surface area contributed by atoms with Crippen molar-refractivity contribution in [3.8, 4) is 0 Å². The monoisotopic (exact) mass is 349 g/mol. The zero-order chi connectivity index (χ0) is 17.5. The molecule has 0 unspecified atom stereocenters. The van der Waals surface area contributed by atoms with Crippen molar-refractivity contribution in [1.82, 2.24) is 14.8 Å². The molecule has 2 aliphatic heterocycles. The van der Waals surface area contributed by atoms with Crippen LogP contribution in [0, 0.1) is 5.82 Å². The van der Waals surface area contributed by atoms with Crippen LogP contribution in [0.2, 0.25) is 0 Å². The Hall–Kier alpha value is -2.17. The number of aromatic amines is 1. The zero-order valence-electron chi connectivity index (χ0n) is 14.9. The highest BCUT2D eigenvalue weighted by atomic mass is 19.1. The number of halogens is 1. The number of piperidine rings is 1. The van der Waals surface area contributed by atoms with Gasteiger partial charge in [-0.25, -0.2) is 4.39 Å². The molecular weight excluding hydrogens is 325 g/mol. The van der Waals surface area contributed by atoms with Crippen molar-refractivity contribution in [3.63, 3.8) is 0 Å². The molecule has 0 aliphatic carbocycles. The van der Waals surface area contributed by atoms with Gasteiger partial charge in [0.15, 0.2) is 0 Å². The predicted molar refractivity (Wildman–Crippen MR) is 102 cm³/mol. The minimum Gasteiger partial charge on any atom is -0.361 e. The second-order valence-electron chi connectivity index (χ2n) is 7.72. The highest BCUT2D eigenvalue weighted by Crippen LogP contribution is 2.34. The maximum atomic E-state index is 13.4. The lowest BCUT2D eigenvalue weighted by atomic mass is 9.89. The van der Waals surface area contributed by atoms with E-state index in [9.17, 15) is 4.39 Å². The topological polar surface area (TPSA) is 22.3 Å². The van der Waals surface area contributed by atoms with Crippen LogP contribution in [0.5, 0.6) is 0 Å². The minimum atomic E-state index is -0.174. The summed E-state index contributed by atoms with van der Waals surface area (Å²) in [6, 6.07) is 13.9. The van der Waals surface area contributed by atoms with Gasteiger partial charge in [0, 0.05) is 30.2 Å². The summed E-state index contributed by atoms with van der Waals surface area (Å²) in [5, 5.41) is 1.18. The second-order valence-corrected chi connectivity index (χ2v) is 7.72. The summed E-state index contributed by atoms with van der Waals surface area (Å²) in [6.07, 6.45) is 4.43. The fourth-order valence-corrected chi connectivity index (χ4v) is 4.63. The van der Waals surface area contributed by atoms with Gasteiger partial charge in [0.05, 0.1) is 6.67 Å². The summed E-state index contributed by atoms with van der Waals surface area (Å²) < 4.78 is 13.4. The highest BCUT2D eigenvalue weighted by molar-refractivity contribution is 5.83. The van der Waals surface area contributed by atoms with Crippen molar-refractivity contribution in [2.24, 2.45) is 0 Å². The van der Waals surface area contributed by atoms with E-state index in [0.29, 0.717) is 5.92 Å². The molecule has 1 aromatic heterocycles. The van der Waals surface area contributed by atoms with Gasteiger partial charge in [0.2, 0.25) is 0 Å². The van der Waals surface area contributed by atoms with Gasteiger partial charge in [-0.1, -0.05) is 24.3 Å². The molecule has 0 atom stereocenters. The summed E-state index contributed by atoms with van der Waals surface area (Å²) >= 11 is 0. The Bertz CT molecular complexity index is 899. The number of likely N-dealkylation sites (tertiary alicyclic amines) is 1. The fourth-order valence-electron chi connectivity index (χ4n) is 4.63. The maximum Gasteiger partial charge on any atom is 0.125 e. The van der Waals surface area contributed by atoms with E-state index in [-0.39, 0.29) is 5.82 Å². The van der Waals surface area contributed by atoms with Gasteiger partial charge in [-0.05, 0) is 66.7 Å². The van der Waals surface area contributed by atoms with Crippen LogP contribution >= 0.6 is 0 Å². The third-order valence-electron chi connectivity index (χ3n) is 6.01. The van der Waals surface area contributed by atoms with Crippen LogP contribution in [-0.2, 0) is 13.1 Å². The normalized spacial score (nSPS) is 19.3. The van der Waals surface area contributed by atoms with Crippen molar-refractivity contribution in [3.05, 3.63) is 71.2 Å². The Kier molecular flexibility index (Phi) is 4.03. The average Bonchev–Trinajstić information content (AvgIpc) is 3.25. The standard InChI is InChI=1S/C22H24FN3/c23-19-5-6-20-21(12-24-22(20)11-19)16-7-9-25(10-8-16)15-26-13-17-3-1-2-4-18(17)14-26/h1-6,11-12,16,24H,7-10,13-15H2. The molecule has 3 heterocycles.